The number of aromatic nitrogens is 2. The standard InChI is InChI=1S/C17H27N3O/c1-4-17(3,21-5-2)16-19-14-9-10-18-11-13(14)15(20-16)12-7-6-8-12/h12,18H,4-11H2,1-3H3. The highest BCUT2D eigenvalue weighted by Crippen LogP contribution is 2.39. The molecule has 1 atom stereocenters. The first-order valence-corrected chi connectivity index (χ1v) is 8.42. The predicted molar refractivity (Wildman–Crippen MR) is 83.3 cm³/mol. The largest absolute Gasteiger partial charge is 0.368 e. The summed E-state index contributed by atoms with van der Waals surface area (Å²) in [6, 6.07) is 0. The highest BCUT2D eigenvalue weighted by Gasteiger charge is 2.33. The molecule has 0 bridgehead atoms. The van der Waals surface area contributed by atoms with Crippen LogP contribution in [-0.4, -0.2) is 23.1 Å². The topological polar surface area (TPSA) is 47.0 Å². The summed E-state index contributed by atoms with van der Waals surface area (Å²) in [5.74, 6) is 1.54. The van der Waals surface area contributed by atoms with E-state index >= 15 is 0 Å². The monoisotopic (exact) mass is 289 g/mol. The average molecular weight is 289 g/mol. The van der Waals surface area contributed by atoms with E-state index in [0.717, 1.165) is 31.8 Å². The van der Waals surface area contributed by atoms with E-state index in [1.807, 2.05) is 6.92 Å². The summed E-state index contributed by atoms with van der Waals surface area (Å²) in [5.41, 5.74) is 3.56. The van der Waals surface area contributed by atoms with Crippen molar-refractivity contribution in [3.05, 3.63) is 22.8 Å². The fraction of sp³-hybridized carbons (Fsp3) is 0.765. The first kappa shape index (κ1) is 14.9. The Morgan fingerprint density at radius 2 is 2.10 bits per heavy atom. The van der Waals surface area contributed by atoms with E-state index in [1.165, 1.54) is 36.2 Å². The maximum Gasteiger partial charge on any atom is 0.160 e. The van der Waals surface area contributed by atoms with Crippen molar-refractivity contribution in [2.75, 3.05) is 13.2 Å². The van der Waals surface area contributed by atoms with Crippen LogP contribution >= 0.6 is 0 Å². The molecule has 0 aromatic carbocycles. The molecule has 3 rings (SSSR count). The van der Waals surface area contributed by atoms with E-state index in [9.17, 15) is 0 Å². The maximum absolute atomic E-state index is 6.00. The van der Waals surface area contributed by atoms with Gasteiger partial charge in [-0.25, -0.2) is 9.97 Å². The van der Waals surface area contributed by atoms with Gasteiger partial charge in [0.2, 0.25) is 0 Å². The van der Waals surface area contributed by atoms with Crippen LogP contribution in [0.3, 0.4) is 0 Å². The van der Waals surface area contributed by atoms with E-state index in [4.69, 9.17) is 14.7 Å². The summed E-state index contributed by atoms with van der Waals surface area (Å²) >= 11 is 0. The Balaban J connectivity index is 2.05. The van der Waals surface area contributed by atoms with Gasteiger partial charge in [0.15, 0.2) is 5.82 Å². The fourth-order valence-corrected chi connectivity index (χ4v) is 3.27. The molecular weight excluding hydrogens is 262 g/mol. The molecule has 0 radical (unpaired) electrons. The fourth-order valence-electron chi connectivity index (χ4n) is 3.27. The Labute approximate surface area is 127 Å². The summed E-state index contributed by atoms with van der Waals surface area (Å²) in [6.45, 7) is 8.98. The van der Waals surface area contributed by atoms with Crippen LogP contribution in [0.15, 0.2) is 0 Å². The van der Waals surface area contributed by atoms with Gasteiger partial charge in [0, 0.05) is 37.6 Å². The first-order chi connectivity index (χ1) is 10.2. The van der Waals surface area contributed by atoms with Crippen molar-refractivity contribution in [2.45, 2.75) is 70.9 Å². The van der Waals surface area contributed by atoms with Crippen LogP contribution in [-0.2, 0) is 23.3 Å². The van der Waals surface area contributed by atoms with Gasteiger partial charge in [0.25, 0.3) is 0 Å². The number of hydrogen-bond acceptors (Lipinski definition) is 4. The minimum Gasteiger partial charge on any atom is -0.368 e. The van der Waals surface area contributed by atoms with Gasteiger partial charge < -0.3 is 10.1 Å². The zero-order valence-corrected chi connectivity index (χ0v) is 13.5. The van der Waals surface area contributed by atoms with Gasteiger partial charge in [0.1, 0.15) is 5.60 Å². The van der Waals surface area contributed by atoms with Crippen LogP contribution in [0.5, 0.6) is 0 Å². The molecule has 21 heavy (non-hydrogen) atoms. The first-order valence-electron chi connectivity index (χ1n) is 8.42. The average Bonchev–Trinajstić information content (AvgIpc) is 2.45. The van der Waals surface area contributed by atoms with Crippen molar-refractivity contribution in [2.24, 2.45) is 0 Å². The van der Waals surface area contributed by atoms with Crippen molar-refractivity contribution < 1.29 is 4.74 Å². The summed E-state index contributed by atoms with van der Waals surface area (Å²) in [6.07, 6.45) is 5.81. The molecule has 1 aromatic heterocycles. The van der Waals surface area contributed by atoms with Crippen LogP contribution in [0.25, 0.3) is 0 Å². The number of ether oxygens (including phenoxy) is 1. The molecule has 4 nitrogen and oxygen atoms in total. The molecule has 1 fully saturated rings. The number of nitrogens with zero attached hydrogens (tertiary/aromatic N) is 2. The Kier molecular flexibility index (Phi) is 4.27. The number of nitrogens with one attached hydrogen (secondary N) is 1. The normalized spacial score (nSPS) is 21.5. The number of hydrogen-bond donors (Lipinski definition) is 1. The molecule has 116 valence electrons. The van der Waals surface area contributed by atoms with Gasteiger partial charge in [-0.05, 0) is 33.1 Å². The molecule has 1 unspecified atom stereocenters. The van der Waals surface area contributed by atoms with E-state index in [2.05, 4.69) is 19.2 Å². The lowest BCUT2D eigenvalue weighted by atomic mass is 9.80. The van der Waals surface area contributed by atoms with Gasteiger partial charge in [-0.15, -0.1) is 0 Å². The SMILES string of the molecule is CCOC(C)(CC)c1nc2c(c(C3CCC3)n1)CNCC2. The molecule has 1 aromatic rings. The molecule has 0 amide bonds. The third kappa shape index (κ3) is 2.71. The van der Waals surface area contributed by atoms with Crippen LogP contribution in [0.1, 0.15) is 75.1 Å². The van der Waals surface area contributed by atoms with Gasteiger partial charge in [-0.3, -0.25) is 0 Å². The predicted octanol–water partition coefficient (Wildman–Crippen LogP) is 3.05. The number of rotatable bonds is 5. The van der Waals surface area contributed by atoms with Crippen LogP contribution in [0, 0.1) is 0 Å². The molecular formula is C17H27N3O. The van der Waals surface area contributed by atoms with Crippen LogP contribution < -0.4 is 5.32 Å². The van der Waals surface area contributed by atoms with Crippen molar-refractivity contribution in [1.29, 1.82) is 0 Å². The van der Waals surface area contributed by atoms with E-state index < -0.39 is 0 Å². The van der Waals surface area contributed by atoms with Crippen LogP contribution in [0.2, 0.25) is 0 Å². The maximum atomic E-state index is 6.00. The van der Waals surface area contributed by atoms with Crippen molar-refractivity contribution >= 4 is 0 Å². The zero-order valence-electron chi connectivity index (χ0n) is 13.5. The molecule has 4 heteroatoms. The third-order valence-corrected chi connectivity index (χ3v) is 5.07. The van der Waals surface area contributed by atoms with Crippen molar-refractivity contribution in [3.63, 3.8) is 0 Å². The lowest BCUT2D eigenvalue weighted by Gasteiger charge is -2.33. The Morgan fingerprint density at radius 1 is 1.29 bits per heavy atom. The van der Waals surface area contributed by atoms with Crippen molar-refractivity contribution in [1.82, 2.24) is 15.3 Å². The molecule has 0 spiro atoms. The molecule has 2 aliphatic rings. The molecule has 0 saturated heterocycles. The summed E-state index contributed by atoms with van der Waals surface area (Å²) < 4.78 is 6.00. The lowest BCUT2D eigenvalue weighted by Crippen LogP contribution is -2.33. The molecule has 1 aliphatic heterocycles. The Hall–Kier alpha value is -1.00. The number of fused-ring (bicyclic) bond motifs is 1. The summed E-state index contributed by atoms with van der Waals surface area (Å²) in [7, 11) is 0. The smallest absolute Gasteiger partial charge is 0.160 e. The highest BCUT2D eigenvalue weighted by atomic mass is 16.5. The Bertz CT molecular complexity index is 513. The highest BCUT2D eigenvalue weighted by molar-refractivity contribution is 5.32. The van der Waals surface area contributed by atoms with Gasteiger partial charge in [-0.1, -0.05) is 13.3 Å². The third-order valence-electron chi connectivity index (χ3n) is 5.07. The van der Waals surface area contributed by atoms with Gasteiger partial charge >= 0.3 is 0 Å². The molecule has 1 saturated carbocycles. The van der Waals surface area contributed by atoms with E-state index in [-0.39, 0.29) is 5.60 Å². The minimum atomic E-state index is -0.354. The Morgan fingerprint density at radius 3 is 2.71 bits per heavy atom. The summed E-state index contributed by atoms with van der Waals surface area (Å²) in [5, 5.41) is 3.47. The second-order valence-electron chi connectivity index (χ2n) is 6.43. The molecule has 1 N–H and O–H groups in total. The van der Waals surface area contributed by atoms with Gasteiger partial charge in [-0.2, -0.15) is 0 Å². The van der Waals surface area contributed by atoms with E-state index in [1.54, 1.807) is 0 Å². The quantitative estimate of drug-likeness (QED) is 0.905. The minimum absolute atomic E-state index is 0.354. The van der Waals surface area contributed by atoms with Crippen molar-refractivity contribution in [3.8, 4) is 0 Å². The van der Waals surface area contributed by atoms with Gasteiger partial charge in [0.05, 0.1) is 11.4 Å². The summed E-state index contributed by atoms with van der Waals surface area (Å²) in [4.78, 5) is 9.89. The lowest BCUT2D eigenvalue weighted by molar-refractivity contribution is -0.0395. The molecule has 2 heterocycles. The molecule has 1 aliphatic carbocycles. The second-order valence-corrected chi connectivity index (χ2v) is 6.43. The van der Waals surface area contributed by atoms with E-state index in [0.29, 0.717) is 12.5 Å². The second kappa shape index (κ2) is 6.01. The van der Waals surface area contributed by atoms with Crippen LogP contribution in [0.4, 0.5) is 0 Å². The zero-order chi connectivity index (χ0) is 14.9.